The molecule has 0 amide bonds. The number of nitrogens with two attached hydrogens (primary N) is 1. The van der Waals surface area contributed by atoms with E-state index in [2.05, 4.69) is 20.9 Å². The molecule has 0 fully saturated rings. The van der Waals surface area contributed by atoms with E-state index in [0.29, 0.717) is 5.89 Å². The van der Waals surface area contributed by atoms with Gasteiger partial charge in [0.1, 0.15) is 0 Å². The van der Waals surface area contributed by atoms with Gasteiger partial charge in [-0.05, 0) is 31.5 Å². The largest absolute Gasteiger partial charge is 0.461 e. The molecule has 0 saturated carbocycles. The molecule has 0 unspecified atom stereocenters. The lowest BCUT2D eigenvalue weighted by atomic mass is 10.1. The molecule has 5 nitrogen and oxygen atoms in total. The summed E-state index contributed by atoms with van der Waals surface area (Å²) < 4.78 is 11.1. The molecular weight excluding hydrogens is 312 g/mol. The number of aromatic nitrogens is 1. The van der Waals surface area contributed by atoms with Gasteiger partial charge in [-0.2, -0.15) is 4.98 Å². The van der Waals surface area contributed by atoms with Crippen LogP contribution in [0.4, 0.5) is 5.88 Å². The van der Waals surface area contributed by atoms with Crippen LogP contribution in [0.2, 0.25) is 0 Å². The van der Waals surface area contributed by atoms with E-state index in [-0.39, 0.29) is 18.2 Å². The summed E-state index contributed by atoms with van der Waals surface area (Å²) in [4.78, 5) is 15.7. The molecule has 100 valence electrons. The zero-order valence-electron chi connectivity index (χ0n) is 10.6. The van der Waals surface area contributed by atoms with Gasteiger partial charge in [0, 0.05) is 10.0 Å². The molecule has 0 radical (unpaired) electrons. The predicted octanol–water partition coefficient (Wildman–Crippen LogP) is 3.17. The molecule has 0 aliphatic carbocycles. The maximum absolute atomic E-state index is 11.6. The Morgan fingerprint density at radius 2 is 2.26 bits per heavy atom. The van der Waals surface area contributed by atoms with E-state index < -0.39 is 5.97 Å². The summed E-state index contributed by atoms with van der Waals surface area (Å²) in [6.07, 6.45) is 0. The highest BCUT2D eigenvalue weighted by Gasteiger charge is 2.20. The topological polar surface area (TPSA) is 78.3 Å². The number of rotatable bonds is 3. The van der Waals surface area contributed by atoms with Crippen LogP contribution in [0.25, 0.3) is 11.5 Å². The fraction of sp³-hybridized carbons (Fsp3) is 0.231. The number of aryl methyl sites for hydroxylation is 1. The first kappa shape index (κ1) is 13.6. The second kappa shape index (κ2) is 5.44. The molecule has 2 N–H and O–H groups in total. The van der Waals surface area contributed by atoms with Crippen molar-refractivity contribution in [2.24, 2.45) is 0 Å². The highest BCUT2D eigenvalue weighted by molar-refractivity contribution is 9.10. The highest BCUT2D eigenvalue weighted by Crippen LogP contribution is 2.29. The van der Waals surface area contributed by atoms with Crippen molar-refractivity contribution in [1.82, 2.24) is 4.98 Å². The number of carbonyl (C=O) groups excluding carboxylic acids is 1. The molecule has 0 atom stereocenters. The lowest BCUT2D eigenvalue weighted by Gasteiger charge is -2.01. The van der Waals surface area contributed by atoms with Crippen molar-refractivity contribution in [2.75, 3.05) is 12.3 Å². The van der Waals surface area contributed by atoms with Crippen molar-refractivity contribution < 1.29 is 13.9 Å². The van der Waals surface area contributed by atoms with Crippen LogP contribution < -0.4 is 5.73 Å². The fourth-order valence-corrected chi connectivity index (χ4v) is 1.98. The molecule has 1 heterocycles. The van der Waals surface area contributed by atoms with Gasteiger partial charge in [0.2, 0.25) is 17.5 Å². The second-order valence-corrected chi connectivity index (χ2v) is 4.83. The van der Waals surface area contributed by atoms with E-state index in [1.165, 1.54) is 0 Å². The van der Waals surface area contributed by atoms with Gasteiger partial charge in [0.15, 0.2) is 0 Å². The van der Waals surface area contributed by atoms with Crippen LogP contribution in [-0.4, -0.2) is 17.6 Å². The number of anilines is 1. The number of nitrogen functional groups attached to an aromatic ring is 1. The smallest absolute Gasteiger partial charge is 0.362 e. The van der Waals surface area contributed by atoms with Crippen LogP contribution in [0.1, 0.15) is 23.0 Å². The summed E-state index contributed by atoms with van der Waals surface area (Å²) in [6.45, 7) is 3.90. The minimum absolute atomic E-state index is 0.0104. The van der Waals surface area contributed by atoms with Crippen LogP contribution in [0, 0.1) is 6.92 Å². The Morgan fingerprint density at radius 1 is 1.53 bits per heavy atom. The molecule has 6 heteroatoms. The Balaban J connectivity index is 2.44. The Morgan fingerprint density at radius 3 is 2.95 bits per heavy atom. The zero-order valence-corrected chi connectivity index (χ0v) is 12.2. The molecule has 0 aliphatic rings. The number of esters is 1. The van der Waals surface area contributed by atoms with Crippen LogP contribution in [0.3, 0.4) is 0 Å². The number of halogens is 1. The summed E-state index contributed by atoms with van der Waals surface area (Å²) in [7, 11) is 0. The second-order valence-electron chi connectivity index (χ2n) is 3.91. The molecule has 1 aromatic carbocycles. The van der Waals surface area contributed by atoms with Crippen molar-refractivity contribution in [3.8, 4) is 11.5 Å². The van der Waals surface area contributed by atoms with Gasteiger partial charge < -0.3 is 14.9 Å². The van der Waals surface area contributed by atoms with Gasteiger partial charge in [0.25, 0.3) is 0 Å². The first-order chi connectivity index (χ1) is 9.02. The molecular formula is C13H13BrN2O3. The first-order valence-electron chi connectivity index (χ1n) is 5.73. The van der Waals surface area contributed by atoms with Crippen molar-refractivity contribution in [3.05, 3.63) is 33.9 Å². The highest BCUT2D eigenvalue weighted by atomic mass is 79.9. The predicted molar refractivity (Wildman–Crippen MR) is 74.7 cm³/mol. The summed E-state index contributed by atoms with van der Waals surface area (Å²) >= 11 is 3.38. The third-order valence-electron chi connectivity index (χ3n) is 2.55. The standard InChI is InChI=1S/C13H13BrN2O3/c1-3-18-13(17)10-11(15)19-12(16-10)9-6-8(14)5-4-7(9)2/h4-6H,3,15H2,1-2H3. The molecule has 0 saturated heterocycles. The lowest BCUT2D eigenvalue weighted by molar-refractivity contribution is 0.0521. The van der Waals surface area contributed by atoms with Gasteiger partial charge >= 0.3 is 5.97 Å². The van der Waals surface area contributed by atoms with E-state index >= 15 is 0 Å². The lowest BCUT2D eigenvalue weighted by Crippen LogP contribution is -2.07. The van der Waals surface area contributed by atoms with E-state index in [1.54, 1.807) is 6.92 Å². The minimum atomic E-state index is -0.581. The van der Waals surface area contributed by atoms with Crippen molar-refractivity contribution in [3.63, 3.8) is 0 Å². The normalized spacial score (nSPS) is 10.5. The number of ether oxygens (including phenoxy) is 1. The van der Waals surface area contributed by atoms with E-state index in [0.717, 1.165) is 15.6 Å². The van der Waals surface area contributed by atoms with E-state index in [9.17, 15) is 4.79 Å². The molecule has 19 heavy (non-hydrogen) atoms. The summed E-state index contributed by atoms with van der Waals surface area (Å²) in [5.74, 6) is -0.310. The Hall–Kier alpha value is -1.82. The summed E-state index contributed by atoms with van der Waals surface area (Å²) in [5, 5.41) is 0. The van der Waals surface area contributed by atoms with Gasteiger partial charge in [-0.25, -0.2) is 4.79 Å². The third kappa shape index (κ3) is 2.78. The van der Waals surface area contributed by atoms with Gasteiger partial charge in [0.05, 0.1) is 6.61 Å². The number of carbonyl (C=O) groups is 1. The van der Waals surface area contributed by atoms with Crippen molar-refractivity contribution in [2.45, 2.75) is 13.8 Å². The van der Waals surface area contributed by atoms with Gasteiger partial charge in [-0.1, -0.05) is 22.0 Å². The van der Waals surface area contributed by atoms with E-state index in [4.69, 9.17) is 14.9 Å². The van der Waals surface area contributed by atoms with Gasteiger partial charge in [-0.15, -0.1) is 0 Å². The Kier molecular flexibility index (Phi) is 3.90. The first-order valence-corrected chi connectivity index (χ1v) is 6.52. The third-order valence-corrected chi connectivity index (χ3v) is 3.05. The molecule has 0 bridgehead atoms. The van der Waals surface area contributed by atoms with E-state index in [1.807, 2.05) is 25.1 Å². The zero-order chi connectivity index (χ0) is 14.0. The average molecular weight is 325 g/mol. The number of nitrogens with zero attached hydrogens (tertiary/aromatic N) is 1. The molecule has 2 rings (SSSR count). The Bertz CT molecular complexity index is 622. The maximum Gasteiger partial charge on any atom is 0.362 e. The number of hydrogen-bond donors (Lipinski definition) is 1. The van der Waals surface area contributed by atoms with Crippen LogP contribution in [-0.2, 0) is 4.74 Å². The monoisotopic (exact) mass is 324 g/mol. The summed E-state index contributed by atoms with van der Waals surface area (Å²) in [6, 6.07) is 5.69. The van der Waals surface area contributed by atoms with Crippen LogP contribution >= 0.6 is 15.9 Å². The Labute approximate surface area is 118 Å². The van der Waals surface area contributed by atoms with Crippen LogP contribution in [0.5, 0.6) is 0 Å². The molecule has 0 spiro atoms. The van der Waals surface area contributed by atoms with Crippen molar-refractivity contribution >= 4 is 27.8 Å². The maximum atomic E-state index is 11.6. The molecule has 1 aromatic heterocycles. The van der Waals surface area contributed by atoms with Gasteiger partial charge in [-0.3, -0.25) is 0 Å². The van der Waals surface area contributed by atoms with Crippen molar-refractivity contribution in [1.29, 1.82) is 0 Å². The molecule has 0 aliphatic heterocycles. The SMILES string of the molecule is CCOC(=O)c1nc(-c2cc(Br)ccc2C)oc1N. The minimum Gasteiger partial charge on any atom is -0.461 e. The van der Waals surface area contributed by atoms with Crippen LogP contribution in [0.15, 0.2) is 27.1 Å². The fourth-order valence-electron chi connectivity index (χ4n) is 1.62. The number of hydrogen-bond acceptors (Lipinski definition) is 5. The summed E-state index contributed by atoms with van der Waals surface area (Å²) in [5.41, 5.74) is 7.41. The number of oxazole rings is 1. The quantitative estimate of drug-likeness (QED) is 0.877. The number of benzene rings is 1. The molecule has 2 aromatic rings. The average Bonchev–Trinajstić information content (AvgIpc) is 2.74.